The highest BCUT2D eigenvalue weighted by Gasteiger charge is 2.33. The van der Waals surface area contributed by atoms with Crippen molar-refractivity contribution >= 4 is 40.4 Å². The van der Waals surface area contributed by atoms with E-state index >= 15 is 0 Å². The van der Waals surface area contributed by atoms with E-state index in [1.807, 2.05) is 33.6 Å². The number of aromatic nitrogens is 4. The van der Waals surface area contributed by atoms with Crippen LogP contribution in [0, 0.1) is 0 Å². The molecule has 186 valence electrons. The standard InChI is InChI=1S/C24H28F2IN7O/c1-14(2)34-20-6-8-32(24(35)29-27)13-19(20)23(30-34)33-7-4-5-15-9-17(16-11-28-31(3)12-16)18(22(25)26)10-21(15)33/h9-12,14,22H,4-8,13H2,1-3H3,(H,29,35). The normalized spacial score (nSPS) is 15.5. The number of carbonyl (C=O) groups is 1. The van der Waals surface area contributed by atoms with Crippen LogP contribution in [0.1, 0.15) is 55.1 Å². The van der Waals surface area contributed by atoms with E-state index in [2.05, 4.69) is 27.4 Å². The zero-order valence-electron chi connectivity index (χ0n) is 19.9. The predicted octanol–water partition coefficient (Wildman–Crippen LogP) is 5.30. The van der Waals surface area contributed by atoms with Gasteiger partial charge >= 0.3 is 6.03 Å². The second kappa shape index (κ2) is 9.40. The Bertz CT molecular complexity index is 1270. The number of nitrogens with one attached hydrogen (secondary N) is 1. The molecule has 0 aliphatic carbocycles. The number of hydrogen-bond donors (Lipinski definition) is 1. The Kier molecular flexibility index (Phi) is 6.45. The Hall–Kier alpha value is -2.70. The van der Waals surface area contributed by atoms with Gasteiger partial charge in [-0.2, -0.15) is 10.2 Å². The molecule has 5 rings (SSSR count). The van der Waals surface area contributed by atoms with E-state index in [1.54, 1.807) is 35.1 Å². The zero-order valence-corrected chi connectivity index (χ0v) is 22.1. The number of amides is 2. The number of nitrogens with zero attached hydrogens (tertiary/aromatic N) is 6. The van der Waals surface area contributed by atoms with Crippen LogP contribution in [0.4, 0.5) is 25.1 Å². The second-order valence-electron chi connectivity index (χ2n) is 9.39. The third-order valence-corrected chi connectivity index (χ3v) is 7.26. The molecule has 0 saturated carbocycles. The van der Waals surface area contributed by atoms with E-state index in [0.29, 0.717) is 37.2 Å². The molecule has 11 heteroatoms. The molecule has 0 radical (unpaired) electrons. The van der Waals surface area contributed by atoms with Crippen LogP contribution < -0.4 is 8.43 Å². The van der Waals surface area contributed by atoms with Crippen molar-refractivity contribution in [3.63, 3.8) is 0 Å². The van der Waals surface area contributed by atoms with Crippen LogP contribution in [0.3, 0.4) is 0 Å². The van der Waals surface area contributed by atoms with E-state index in [9.17, 15) is 13.6 Å². The van der Waals surface area contributed by atoms with Crippen molar-refractivity contribution in [3.8, 4) is 11.1 Å². The van der Waals surface area contributed by atoms with Crippen molar-refractivity contribution in [1.29, 1.82) is 0 Å². The summed E-state index contributed by atoms with van der Waals surface area (Å²) in [6.07, 6.45) is 3.16. The number of halogens is 3. The summed E-state index contributed by atoms with van der Waals surface area (Å²) in [5, 5.41) is 9.15. The smallest absolute Gasteiger partial charge is 0.324 e. The molecule has 2 amide bonds. The number of alkyl halides is 2. The van der Waals surface area contributed by atoms with Crippen molar-refractivity contribution in [2.24, 2.45) is 7.05 Å². The summed E-state index contributed by atoms with van der Waals surface area (Å²) in [4.78, 5) is 16.2. The Morgan fingerprint density at radius 3 is 2.66 bits per heavy atom. The fourth-order valence-electron chi connectivity index (χ4n) is 5.17. The lowest BCUT2D eigenvalue weighted by Crippen LogP contribution is -2.40. The Labute approximate surface area is 216 Å². The Morgan fingerprint density at radius 1 is 1.20 bits per heavy atom. The average molecular weight is 595 g/mol. The summed E-state index contributed by atoms with van der Waals surface area (Å²) >= 11 is 1.85. The third kappa shape index (κ3) is 4.27. The van der Waals surface area contributed by atoms with Gasteiger partial charge in [0, 0.05) is 66.9 Å². The summed E-state index contributed by atoms with van der Waals surface area (Å²) < 4.78 is 34.9. The minimum absolute atomic E-state index is 0.00766. The minimum atomic E-state index is -2.62. The number of hydrogen-bond acceptors (Lipinski definition) is 4. The monoisotopic (exact) mass is 595 g/mol. The second-order valence-corrected chi connectivity index (χ2v) is 9.92. The van der Waals surface area contributed by atoms with Crippen molar-refractivity contribution in [3.05, 3.63) is 46.9 Å². The SMILES string of the molecule is CC(C)n1nc(N2CCCc3cc(-c4cnn(C)c4)c(C(F)F)cc32)c2c1CCN(C(=O)NI)C2. The molecule has 3 aromatic rings. The highest BCUT2D eigenvalue weighted by atomic mass is 127. The molecule has 0 unspecified atom stereocenters. The van der Waals surface area contributed by atoms with E-state index in [4.69, 9.17) is 5.10 Å². The highest BCUT2D eigenvalue weighted by molar-refractivity contribution is 14.1. The third-order valence-electron chi connectivity index (χ3n) is 6.80. The lowest BCUT2D eigenvalue weighted by Gasteiger charge is -2.33. The van der Waals surface area contributed by atoms with Gasteiger partial charge in [0.25, 0.3) is 6.43 Å². The van der Waals surface area contributed by atoms with Gasteiger partial charge in [-0.25, -0.2) is 13.6 Å². The summed E-state index contributed by atoms with van der Waals surface area (Å²) in [5.74, 6) is 0.759. The maximum Gasteiger partial charge on any atom is 0.326 e. The number of anilines is 2. The number of carbonyl (C=O) groups excluding carboxylic acids is 1. The van der Waals surface area contributed by atoms with Gasteiger partial charge in [-0.15, -0.1) is 0 Å². The highest BCUT2D eigenvalue weighted by Crippen LogP contribution is 2.43. The predicted molar refractivity (Wildman–Crippen MR) is 138 cm³/mol. The van der Waals surface area contributed by atoms with Crippen LogP contribution in [0.2, 0.25) is 0 Å². The lowest BCUT2D eigenvalue weighted by molar-refractivity contribution is 0.152. The molecule has 2 aliphatic rings. The first-order valence-corrected chi connectivity index (χ1v) is 12.8. The van der Waals surface area contributed by atoms with Crippen molar-refractivity contribution < 1.29 is 13.6 Å². The molecule has 8 nitrogen and oxygen atoms in total. The van der Waals surface area contributed by atoms with Gasteiger partial charge in [0.15, 0.2) is 5.82 Å². The van der Waals surface area contributed by atoms with Gasteiger partial charge in [-0.05, 0) is 49.9 Å². The summed E-state index contributed by atoms with van der Waals surface area (Å²) in [7, 11) is 1.78. The maximum absolute atomic E-state index is 14.3. The topological polar surface area (TPSA) is 71.2 Å². The van der Waals surface area contributed by atoms with Crippen molar-refractivity contribution in [2.75, 3.05) is 18.0 Å². The molecule has 1 aromatic carbocycles. The molecule has 0 spiro atoms. The minimum Gasteiger partial charge on any atom is -0.324 e. The van der Waals surface area contributed by atoms with Crippen LogP contribution in [0.5, 0.6) is 0 Å². The molecule has 2 aliphatic heterocycles. The first kappa shape index (κ1) is 24.0. The van der Waals surface area contributed by atoms with E-state index < -0.39 is 6.43 Å². The molecule has 1 N–H and O–H groups in total. The van der Waals surface area contributed by atoms with E-state index in [1.165, 1.54) is 0 Å². The fourth-order valence-corrected chi connectivity index (χ4v) is 5.51. The molecule has 4 heterocycles. The van der Waals surface area contributed by atoms with Crippen LogP contribution in [0.25, 0.3) is 11.1 Å². The first-order valence-electron chi connectivity index (χ1n) is 11.8. The molecule has 0 saturated heterocycles. The van der Waals surface area contributed by atoms with Gasteiger partial charge < -0.3 is 9.80 Å². The van der Waals surface area contributed by atoms with Gasteiger partial charge in [0.1, 0.15) is 0 Å². The van der Waals surface area contributed by atoms with Crippen molar-refractivity contribution in [2.45, 2.75) is 52.1 Å². The fraction of sp³-hybridized carbons (Fsp3) is 0.458. The number of rotatable bonds is 4. The zero-order chi connectivity index (χ0) is 24.9. The summed E-state index contributed by atoms with van der Waals surface area (Å²) in [6, 6.07) is 3.53. The molecule has 0 atom stereocenters. The molecular weight excluding hydrogens is 567 g/mol. The van der Waals surface area contributed by atoms with Crippen molar-refractivity contribution in [1.82, 2.24) is 28.0 Å². The van der Waals surface area contributed by atoms with Gasteiger partial charge in [-0.1, -0.05) is 0 Å². The Balaban J connectivity index is 1.63. The molecule has 2 aromatic heterocycles. The molecule has 0 bridgehead atoms. The largest absolute Gasteiger partial charge is 0.326 e. The van der Waals surface area contributed by atoms with Gasteiger partial charge in [0.05, 0.1) is 35.6 Å². The number of aryl methyl sites for hydroxylation is 2. The van der Waals surface area contributed by atoms with Crippen LogP contribution in [0.15, 0.2) is 24.5 Å². The average Bonchev–Trinajstić information content (AvgIpc) is 3.45. The summed E-state index contributed by atoms with van der Waals surface area (Å²) in [6.45, 7) is 5.90. The molecule has 0 fully saturated rings. The van der Waals surface area contributed by atoms with E-state index in [0.717, 1.165) is 41.2 Å². The molecular formula is C24H28F2IN7O. The number of fused-ring (bicyclic) bond motifs is 2. The maximum atomic E-state index is 14.3. The quantitative estimate of drug-likeness (QED) is 0.328. The number of benzene rings is 1. The van der Waals surface area contributed by atoms with Crippen LogP contribution in [-0.2, 0) is 26.4 Å². The van der Waals surface area contributed by atoms with Gasteiger partial charge in [-0.3, -0.25) is 12.9 Å². The lowest BCUT2D eigenvalue weighted by atomic mass is 9.92. The summed E-state index contributed by atoms with van der Waals surface area (Å²) in [5.41, 5.74) is 5.09. The van der Waals surface area contributed by atoms with Crippen LogP contribution >= 0.6 is 22.9 Å². The number of urea groups is 1. The van der Waals surface area contributed by atoms with Crippen LogP contribution in [-0.4, -0.2) is 43.6 Å². The van der Waals surface area contributed by atoms with Gasteiger partial charge in [0.2, 0.25) is 0 Å². The first-order chi connectivity index (χ1) is 16.8. The van der Waals surface area contributed by atoms with E-state index in [-0.39, 0.29) is 17.6 Å². The molecule has 35 heavy (non-hydrogen) atoms. The Morgan fingerprint density at radius 2 is 2.00 bits per heavy atom.